The molecule has 0 spiro atoms. The smallest absolute Gasteiger partial charge is 0.410 e. The third-order valence-electron chi connectivity index (χ3n) is 3.89. The summed E-state index contributed by atoms with van der Waals surface area (Å²) in [7, 11) is 1.31. The Labute approximate surface area is 148 Å². The fourth-order valence-electron chi connectivity index (χ4n) is 2.96. The first-order valence-corrected chi connectivity index (χ1v) is 8.65. The van der Waals surface area contributed by atoms with Crippen molar-refractivity contribution in [3.8, 4) is 0 Å². The lowest BCUT2D eigenvalue weighted by Gasteiger charge is -2.29. The van der Waals surface area contributed by atoms with Gasteiger partial charge in [0.2, 0.25) is 0 Å². The number of hydrogen-bond donors (Lipinski definition) is 0. The largest absolute Gasteiger partial charge is 0.464 e. The third kappa shape index (κ3) is 4.49. The molecule has 140 valence electrons. The maximum absolute atomic E-state index is 12.6. The molecular weight excluding hydrogens is 324 g/mol. The minimum atomic E-state index is -0.578. The first-order valence-electron chi connectivity index (χ1n) is 8.65. The van der Waals surface area contributed by atoms with Gasteiger partial charge in [-0.15, -0.1) is 5.10 Å². The molecule has 0 aliphatic carbocycles. The second-order valence-corrected chi connectivity index (χ2v) is 7.72. The summed E-state index contributed by atoms with van der Waals surface area (Å²) in [4.78, 5) is 26.4. The van der Waals surface area contributed by atoms with Crippen molar-refractivity contribution in [1.29, 1.82) is 0 Å². The number of amides is 1. The van der Waals surface area contributed by atoms with Gasteiger partial charge in [-0.3, -0.25) is 4.90 Å². The van der Waals surface area contributed by atoms with Crippen LogP contribution in [0.1, 0.15) is 69.7 Å². The molecule has 2 heterocycles. The second-order valence-electron chi connectivity index (χ2n) is 7.72. The van der Waals surface area contributed by atoms with Gasteiger partial charge in [0.1, 0.15) is 5.60 Å². The van der Waals surface area contributed by atoms with Gasteiger partial charge in [0.15, 0.2) is 5.69 Å². The van der Waals surface area contributed by atoms with Gasteiger partial charge >= 0.3 is 12.1 Å². The molecule has 1 unspecified atom stereocenters. The van der Waals surface area contributed by atoms with Crippen LogP contribution < -0.4 is 0 Å². The van der Waals surface area contributed by atoms with Gasteiger partial charge < -0.3 is 9.47 Å². The zero-order chi connectivity index (χ0) is 18.8. The van der Waals surface area contributed by atoms with E-state index in [4.69, 9.17) is 9.47 Å². The van der Waals surface area contributed by atoms with E-state index in [0.29, 0.717) is 24.7 Å². The standard InChI is InChI=1S/C17H28N4O4/c1-11(2)10-21-14(13(18-19-21)15(22)24-6)12-8-7-9-20(12)16(23)25-17(3,4)5/h11-12H,7-10H2,1-6H3. The summed E-state index contributed by atoms with van der Waals surface area (Å²) in [5.74, 6) is -0.219. The average Bonchev–Trinajstić information content (AvgIpc) is 3.10. The van der Waals surface area contributed by atoms with Gasteiger partial charge in [-0.2, -0.15) is 0 Å². The van der Waals surface area contributed by atoms with Gasteiger partial charge in [0, 0.05) is 13.1 Å². The molecule has 1 atom stereocenters. The number of likely N-dealkylation sites (tertiary alicyclic amines) is 1. The molecule has 8 heteroatoms. The Bertz CT molecular complexity index is 633. The lowest BCUT2D eigenvalue weighted by Crippen LogP contribution is -2.37. The highest BCUT2D eigenvalue weighted by molar-refractivity contribution is 5.88. The Kier molecular flexibility index (Phi) is 5.69. The maximum atomic E-state index is 12.6. The fraction of sp³-hybridized carbons (Fsp3) is 0.765. The molecule has 1 fully saturated rings. The van der Waals surface area contributed by atoms with Crippen molar-refractivity contribution in [1.82, 2.24) is 19.9 Å². The molecule has 2 rings (SSSR count). The molecule has 1 aliphatic heterocycles. The van der Waals surface area contributed by atoms with Crippen LogP contribution in [0.15, 0.2) is 0 Å². The maximum Gasteiger partial charge on any atom is 0.410 e. The normalized spacial score (nSPS) is 17.9. The van der Waals surface area contributed by atoms with Crippen LogP contribution in [-0.4, -0.2) is 51.2 Å². The molecular formula is C17H28N4O4. The van der Waals surface area contributed by atoms with Crippen molar-refractivity contribution in [2.75, 3.05) is 13.7 Å². The summed E-state index contributed by atoms with van der Waals surface area (Å²) >= 11 is 0. The quantitative estimate of drug-likeness (QED) is 0.775. The fourth-order valence-corrected chi connectivity index (χ4v) is 2.96. The highest BCUT2D eigenvalue weighted by Crippen LogP contribution is 2.35. The summed E-state index contributed by atoms with van der Waals surface area (Å²) in [5, 5.41) is 8.14. The Morgan fingerprint density at radius 2 is 2.00 bits per heavy atom. The van der Waals surface area contributed by atoms with Crippen LogP contribution in [-0.2, 0) is 16.0 Å². The molecule has 1 aromatic heterocycles. The summed E-state index contributed by atoms with van der Waals surface area (Å²) < 4.78 is 12.1. The minimum absolute atomic E-state index is 0.170. The summed E-state index contributed by atoms with van der Waals surface area (Å²) in [6.45, 7) is 10.8. The van der Waals surface area contributed by atoms with Crippen LogP contribution in [0.5, 0.6) is 0 Å². The molecule has 1 amide bonds. The molecule has 0 saturated carbocycles. The third-order valence-corrected chi connectivity index (χ3v) is 3.89. The molecule has 1 saturated heterocycles. The SMILES string of the molecule is COC(=O)c1nnn(CC(C)C)c1C1CCCN1C(=O)OC(C)(C)C. The average molecular weight is 352 g/mol. The zero-order valence-corrected chi connectivity index (χ0v) is 15.9. The molecule has 1 aliphatic rings. The first-order chi connectivity index (χ1) is 11.6. The Balaban J connectivity index is 2.38. The number of nitrogens with zero attached hydrogens (tertiary/aromatic N) is 4. The Hall–Kier alpha value is -2.12. The molecule has 0 bridgehead atoms. The van der Waals surface area contributed by atoms with Crippen molar-refractivity contribution in [2.24, 2.45) is 5.92 Å². The zero-order valence-electron chi connectivity index (χ0n) is 15.9. The van der Waals surface area contributed by atoms with Gasteiger partial charge in [0.05, 0.1) is 18.8 Å². The minimum Gasteiger partial charge on any atom is -0.464 e. The van der Waals surface area contributed by atoms with E-state index in [1.54, 1.807) is 9.58 Å². The predicted molar refractivity (Wildman–Crippen MR) is 91.1 cm³/mol. The second kappa shape index (κ2) is 7.41. The monoisotopic (exact) mass is 352 g/mol. The van der Waals surface area contributed by atoms with Crippen molar-refractivity contribution in [3.63, 3.8) is 0 Å². The molecule has 25 heavy (non-hydrogen) atoms. The van der Waals surface area contributed by atoms with Crippen LogP contribution in [0.3, 0.4) is 0 Å². The van der Waals surface area contributed by atoms with Gasteiger partial charge in [-0.05, 0) is 39.5 Å². The Morgan fingerprint density at radius 3 is 2.56 bits per heavy atom. The number of esters is 1. The summed E-state index contributed by atoms with van der Waals surface area (Å²) in [6.07, 6.45) is 1.18. The molecule has 1 aromatic rings. The number of methoxy groups -OCH3 is 1. The summed E-state index contributed by atoms with van der Waals surface area (Å²) in [5.41, 5.74) is 0.221. The number of rotatable bonds is 4. The van der Waals surface area contributed by atoms with Gasteiger partial charge in [-0.1, -0.05) is 19.1 Å². The van der Waals surface area contributed by atoms with Crippen molar-refractivity contribution in [3.05, 3.63) is 11.4 Å². The van der Waals surface area contributed by atoms with E-state index >= 15 is 0 Å². The van der Waals surface area contributed by atoms with Crippen LogP contribution >= 0.6 is 0 Å². The van der Waals surface area contributed by atoms with Crippen LogP contribution in [0.25, 0.3) is 0 Å². The molecule has 0 aromatic carbocycles. The van der Waals surface area contributed by atoms with Crippen molar-refractivity contribution in [2.45, 2.75) is 65.6 Å². The highest BCUT2D eigenvalue weighted by Gasteiger charge is 2.38. The van der Waals surface area contributed by atoms with E-state index in [9.17, 15) is 9.59 Å². The van der Waals surface area contributed by atoms with E-state index in [-0.39, 0.29) is 17.8 Å². The lowest BCUT2D eigenvalue weighted by molar-refractivity contribution is 0.0214. The van der Waals surface area contributed by atoms with Crippen LogP contribution in [0, 0.1) is 5.92 Å². The Morgan fingerprint density at radius 1 is 1.32 bits per heavy atom. The summed E-state index contributed by atoms with van der Waals surface area (Å²) in [6, 6.07) is -0.294. The number of carbonyl (C=O) groups excluding carboxylic acids is 2. The van der Waals surface area contributed by atoms with E-state index in [1.165, 1.54) is 7.11 Å². The van der Waals surface area contributed by atoms with E-state index in [0.717, 1.165) is 12.8 Å². The number of ether oxygens (including phenoxy) is 2. The number of carbonyl (C=O) groups is 2. The van der Waals surface area contributed by atoms with Gasteiger partial charge in [0.25, 0.3) is 0 Å². The molecule has 0 radical (unpaired) electrons. The lowest BCUT2D eigenvalue weighted by atomic mass is 10.1. The highest BCUT2D eigenvalue weighted by atomic mass is 16.6. The van der Waals surface area contributed by atoms with Crippen molar-refractivity contribution >= 4 is 12.1 Å². The first kappa shape index (κ1) is 19.2. The van der Waals surface area contributed by atoms with E-state index in [1.807, 2.05) is 20.8 Å². The van der Waals surface area contributed by atoms with Gasteiger partial charge in [-0.25, -0.2) is 14.3 Å². The topological polar surface area (TPSA) is 86.5 Å². The van der Waals surface area contributed by atoms with Crippen LogP contribution in [0.2, 0.25) is 0 Å². The molecule has 8 nitrogen and oxygen atoms in total. The predicted octanol–water partition coefficient (Wildman–Crippen LogP) is 2.79. The molecule has 0 N–H and O–H groups in total. The van der Waals surface area contributed by atoms with E-state index in [2.05, 4.69) is 24.2 Å². The number of aromatic nitrogens is 3. The number of hydrogen-bond acceptors (Lipinski definition) is 6. The van der Waals surface area contributed by atoms with E-state index < -0.39 is 11.6 Å². The van der Waals surface area contributed by atoms with Crippen molar-refractivity contribution < 1.29 is 19.1 Å². The van der Waals surface area contributed by atoms with Crippen LogP contribution in [0.4, 0.5) is 4.79 Å².